The molecule has 1 aliphatic heterocycles. The van der Waals surface area contributed by atoms with Crippen LogP contribution in [0.5, 0.6) is 5.75 Å². The van der Waals surface area contributed by atoms with Crippen LogP contribution in [0.1, 0.15) is 29.2 Å². The number of fused-ring (bicyclic) bond motifs is 1. The van der Waals surface area contributed by atoms with Gasteiger partial charge in [0.15, 0.2) is 5.75 Å². The topological polar surface area (TPSA) is 62.1 Å². The Kier molecular flexibility index (Phi) is 7.59. The molecule has 0 saturated carbocycles. The quantitative estimate of drug-likeness (QED) is 0.223. The molecule has 1 atom stereocenters. The molecule has 1 aliphatic rings. The SMILES string of the molecule is O=C(O)CC1c2cccc(F)c2N=C(c2ccc(-c3ccc(F)cc3)cc2)N1c1cc(C(F)(F)F)ccc1OC(F)(F)F. The molecule has 0 aliphatic carbocycles. The third-order valence-corrected chi connectivity index (χ3v) is 6.59. The summed E-state index contributed by atoms with van der Waals surface area (Å²) in [4.78, 5) is 17.1. The fraction of sp³-hybridized carbons (Fsp3) is 0.133. The van der Waals surface area contributed by atoms with Crippen molar-refractivity contribution >= 4 is 23.2 Å². The molecular weight excluding hydrogens is 588 g/mol. The van der Waals surface area contributed by atoms with Gasteiger partial charge in [0.2, 0.25) is 0 Å². The number of alkyl halides is 6. The minimum Gasteiger partial charge on any atom is -0.481 e. The number of aliphatic carboxylic acids is 1. The number of carboxylic acid groups (broad SMARTS) is 1. The summed E-state index contributed by atoms with van der Waals surface area (Å²) in [5, 5.41) is 9.73. The van der Waals surface area contributed by atoms with Crippen molar-refractivity contribution in [1.29, 1.82) is 0 Å². The average Bonchev–Trinajstić information content (AvgIpc) is 2.92. The zero-order valence-electron chi connectivity index (χ0n) is 21.5. The number of hydrogen-bond donors (Lipinski definition) is 1. The van der Waals surface area contributed by atoms with Gasteiger partial charge in [-0.3, -0.25) is 4.79 Å². The maximum Gasteiger partial charge on any atom is 0.573 e. The molecule has 4 aromatic carbocycles. The van der Waals surface area contributed by atoms with Gasteiger partial charge in [-0.1, -0.05) is 48.5 Å². The Morgan fingerprint density at radius 2 is 1.44 bits per heavy atom. The van der Waals surface area contributed by atoms with E-state index >= 15 is 4.39 Å². The van der Waals surface area contributed by atoms with E-state index in [1.165, 1.54) is 60.7 Å². The number of anilines is 1. The van der Waals surface area contributed by atoms with Crippen molar-refractivity contribution in [3.8, 4) is 16.9 Å². The highest BCUT2D eigenvalue weighted by atomic mass is 19.4. The summed E-state index contributed by atoms with van der Waals surface area (Å²) < 4.78 is 114. The molecule has 43 heavy (non-hydrogen) atoms. The van der Waals surface area contributed by atoms with Crippen LogP contribution in [0.4, 0.5) is 46.5 Å². The van der Waals surface area contributed by atoms with E-state index in [9.17, 15) is 40.6 Å². The number of amidine groups is 1. The fourth-order valence-corrected chi connectivity index (χ4v) is 4.76. The third kappa shape index (κ3) is 6.30. The minimum absolute atomic E-state index is 0.0792. The van der Waals surface area contributed by atoms with Crippen molar-refractivity contribution < 1.29 is 49.8 Å². The number of carboxylic acids is 1. The second-order valence-electron chi connectivity index (χ2n) is 9.41. The van der Waals surface area contributed by atoms with Gasteiger partial charge in [0.25, 0.3) is 0 Å². The van der Waals surface area contributed by atoms with Gasteiger partial charge < -0.3 is 14.7 Å². The molecule has 0 amide bonds. The third-order valence-electron chi connectivity index (χ3n) is 6.59. The Hall–Kier alpha value is -4.94. The first-order chi connectivity index (χ1) is 20.2. The lowest BCUT2D eigenvalue weighted by Crippen LogP contribution is -2.40. The van der Waals surface area contributed by atoms with Crippen LogP contribution in [0.2, 0.25) is 0 Å². The molecule has 0 aromatic heterocycles. The van der Waals surface area contributed by atoms with Gasteiger partial charge >= 0.3 is 18.5 Å². The number of benzene rings is 4. The molecule has 0 radical (unpaired) electrons. The molecule has 0 saturated heterocycles. The van der Waals surface area contributed by atoms with E-state index in [1.807, 2.05) is 0 Å². The Morgan fingerprint density at radius 1 is 0.837 bits per heavy atom. The largest absolute Gasteiger partial charge is 0.573 e. The summed E-state index contributed by atoms with van der Waals surface area (Å²) in [5.41, 5.74) is -1.28. The lowest BCUT2D eigenvalue weighted by Gasteiger charge is -2.39. The summed E-state index contributed by atoms with van der Waals surface area (Å²) >= 11 is 0. The maximum atomic E-state index is 15.0. The number of ether oxygens (including phenoxy) is 1. The van der Waals surface area contributed by atoms with Gasteiger partial charge in [0.05, 0.1) is 23.7 Å². The summed E-state index contributed by atoms with van der Waals surface area (Å²) in [6, 6.07) is 14.6. The predicted octanol–water partition coefficient (Wildman–Crippen LogP) is 8.66. The van der Waals surface area contributed by atoms with E-state index in [0.717, 1.165) is 11.0 Å². The first kappa shape index (κ1) is 29.5. The van der Waals surface area contributed by atoms with Gasteiger partial charge in [-0.15, -0.1) is 13.2 Å². The number of nitrogens with zero attached hydrogens (tertiary/aromatic N) is 2. The first-order valence-corrected chi connectivity index (χ1v) is 12.4. The summed E-state index contributed by atoms with van der Waals surface area (Å²) in [5.74, 6) is -4.23. The highest BCUT2D eigenvalue weighted by Crippen LogP contribution is 2.47. The van der Waals surface area contributed by atoms with Crippen LogP contribution in [0.15, 0.2) is 89.9 Å². The highest BCUT2D eigenvalue weighted by Gasteiger charge is 2.41. The number of para-hydroxylation sites is 1. The molecule has 1 N–H and O–H groups in total. The molecule has 13 heteroatoms. The molecular formula is C30H18F8N2O3. The lowest BCUT2D eigenvalue weighted by molar-refractivity contribution is -0.274. The van der Waals surface area contributed by atoms with E-state index in [-0.39, 0.29) is 22.6 Å². The number of aliphatic imine (C=N–C) groups is 1. The molecule has 5 nitrogen and oxygen atoms in total. The second kappa shape index (κ2) is 11.0. The highest BCUT2D eigenvalue weighted by molar-refractivity contribution is 6.14. The Labute approximate surface area is 238 Å². The number of halogens is 8. The zero-order valence-corrected chi connectivity index (χ0v) is 21.5. The summed E-state index contributed by atoms with van der Waals surface area (Å²) in [6.45, 7) is 0. The molecule has 1 heterocycles. The van der Waals surface area contributed by atoms with Crippen molar-refractivity contribution in [2.24, 2.45) is 4.99 Å². The summed E-state index contributed by atoms with van der Waals surface area (Å²) in [7, 11) is 0. The first-order valence-electron chi connectivity index (χ1n) is 12.4. The second-order valence-corrected chi connectivity index (χ2v) is 9.41. The maximum absolute atomic E-state index is 15.0. The molecule has 0 bridgehead atoms. The smallest absolute Gasteiger partial charge is 0.481 e. The number of carbonyl (C=O) groups is 1. The molecule has 1 unspecified atom stereocenters. The van der Waals surface area contributed by atoms with Crippen LogP contribution in [0.3, 0.4) is 0 Å². The van der Waals surface area contributed by atoms with Crippen molar-refractivity contribution in [3.05, 3.63) is 113 Å². The number of rotatable bonds is 6. The lowest BCUT2D eigenvalue weighted by atomic mass is 9.94. The monoisotopic (exact) mass is 606 g/mol. The van der Waals surface area contributed by atoms with Gasteiger partial charge in [0, 0.05) is 11.1 Å². The van der Waals surface area contributed by atoms with Crippen LogP contribution in [0, 0.1) is 11.6 Å². The molecule has 0 spiro atoms. The standard InChI is InChI=1S/C30H18F8N2O3/c31-20-11-8-17(9-12-20)16-4-6-18(7-5-16)28-39-27-21(2-1-3-22(27)32)23(15-26(41)42)40(28)24-14-19(29(33,34)35)10-13-25(24)43-30(36,37)38/h1-14,23H,15H2,(H,41,42). The van der Waals surface area contributed by atoms with Crippen molar-refractivity contribution in [1.82, 2.24) is 0 Å². The Balaban J connectivity index is 1.76. The zero-order chi connectivity index (χ0) is 31.1. The summed E-state index contributed by atoms with van der Waals surface area (Å²) in [6.07, 6.45) is -11.2. The van der Waals surface area contributed by atoms with Gasteiger partial charge in [-0.2, -0.15) is 13.2 Å². The van der Waals surface area contributed by atoms with Gasteiger partial charge in [0.1, 0.15) is 23.2 Å². The van der Waals surface area contributed by atoms with Crippen LogP contribution < -0.4 is 9.64 Å². The van der Waals surface area contributed by atoms with Crippen molar-refractivity contribution in [3.63, 3.8) is 0 Å². The average molecular weight is 606 g/mol. The Morgan fingerprint density at radius 3 is 2.02 bits per heavy atom. The van der Waals surface area contributed by atoms with Gasteiger partial charge in [-0.05, 0) is 47.5 Å². The fourth-order valence-electron chi connectivity index (χ4n) is 4.76. The molecule has 0 fully saturated rings. The van der Waals surface area contributed by atoms with E-state index in [2.05, 4.69) is 9.73 Å². The van der Waals surface area contributed by atoms with Crippen LogP contribution in [0.25, 0.3) is 11.1 Å². The molecule has 5 rings (SSSR count). The Bertz CT molecular complexity index is 1700. The van der Waals surface area contributed by atoms with E-state index < -0.39 is 59.6 Å². The van der Waals surface area contributed by atoms with E-state index in [0.29, 0.717) is 29.3 Å². The van der Waals surface area contributed by atoms with Crippen molar-refractivity contribution in [2.45, 2.75) is 25.0 Å². The number of hydrogen-bond acceptors (Lipinski definition) is 4. The predicted molar refractivity (Wildman–Crippen MR) is 140 cm³/mol. The van der Waals surface area contributed by atoms with E-state index in [4.69, 9.17) is 0 Å². The van der Waals surface area contributed by atoms with Gasteiger partial charge in [-0.25, -0.2) is 13.8 Å². The molecule has 222 valence electrons. The normalized spacial score (nSPS) is 15.1. The minimum atomic E-state index is -5.33. The van der Waals surface area contributed by atoms with Crippen LogP contribution in [-0.4, -0.2) is 23.3 Å². The van der Waals surface area contributed by atoms with Crippen molar-refractivity contribution in [2.75, 3.05) is 4.90 Å². The molecule has 4 aromatic rings. The van der Waals surface area contributed by atoms with E-state index in [1.54, 1.807) is 0 Å². The van der Waals surface area contributed by atoms with Crippen LogP contribution >= 0.6 is 0 Å². The van der Waals surface area contributed by atoms with Crippen LogP contribution in [-0.2, 0) is 11.0 Å².